The van der Waals surface area contributed by atoms with Gasteiger partial charge in [0, 0.05) is 28.6 Å². The van der Waals surface area contributed by atoms with Gasteiger partial charge in [-0.1, -0.05) is 218 Å². The average molecular weight is 1070 g/mol. The Morgan fingerprint density at radius 3 is 1.29 bits per heavy atom. The number of fused-ring (bicyclic) bond motifs is 6. The van der Waals surface area contributed by atoms with Crippen molar-refractivity contribution < 1.29 is 0 Å². The average Bonchev–Trinajstić information content (AvgIpc) is 4.23. The lowest BCUT2D eigenvalue weighted by atomic mass is 10.0. The van der Waals surface area contributed by atoms with Gasteiger partial charge in [-0.2, -0.15) is 0 Å². The Hall–Kier alpha value is -10.6. The smallest absolute Gasteiger partial charge is 0.168 e. The first-order valence-corrected chi connectivity index (χ1v) is 27.0. The molecule has 0 aliphatic carbocycles. The zero-order valence-electron chi connectivity index (χ0n) is 45.0. The van der Waals surface area contributed by atoms with Crippen molar-refractivity contribution in [1.82, 2.24) is 58.6 Å². The van der Waals surface area contributed by atoms with Crippen LogP contribution in [0, 0.1) is 20.8 Å². The highest BCUT2D eigenvalue weighted by atomic mass is 15.2. The van der Waals surface area contributed by atoms with Crippen molar-refractivity contribution in [1.29, 1.82) is 0 Å². The predicted octanol–water partition coefficient (Wildman–Crippen LogP) is 15.8. The molecule has 9 aromatic carbocycles. The van der Waals surface area contributed by atoms with Gasteiger partial charge in [-0.15, -0.1) is 0 Å². The van der Waals surface area contributed by atoms with Crippen molar-refractivity contribution >= 4 is 65.8 Å². The number of nitrogens with zero attached hydrogens (tertiary/aromatic N) is 12. The minimum atomic E-state index is 0. The molecule has 0 aliphatic heterocycles. The largest absolute Gasteiger partial charge is 0.308 e. The van der Waals surface area contributed by atoms with Crippen molar-refractivity contribution in [3.8, 4) is 39.9 Å². The standard InChI is InChI=1S/C24H20N4.C23H18N4.C22H16N4.CH4/c1-17-9-11-20(12-10-17)23-27-22-15-25-16-26-24(22)28(23)14-13-19-7-4-6-18-5-2-3-8-21(18)19;1-16-9-11-18(12-10-16)22-26-21-13-24-15-25-23(21)27(22)14-19-7-4-6-17-5-2-3-8-20(17)19;1-15-9-11-17(12-10-15)21-25-19-13-23-14-24-22(19)26(21)20-8-4-6-16-5-2-3-7-18(16)20;/h2-12,15-16H,13-14H2,1H3;2-13,15H,14H2,1H3;2-14H,1H3;1H4. The maximum Gasteiger partial charge on any atom is 0.168 e. The highest BCUT2D eigenvalue weighted by Gasteiger charge is 2.19. The van der Waals surface area contributed by atoms with E-state index in [1.54, 1.807) is 37.6 Å². The van der Waals surface area contributed by atoms with Crippen molar-refractivity contribution in [3.05, 3.63) is 266 Å². The van der Waals surface area contributed by atoms with Crippen LogP contribution in [0.25, 0.3) is 106 Å². The van der Waals surface area contributed by atoms with E-state index in [4.69, 9.17) is 15.0 Å². The summed E-state index contributed by atoms with van der Waals surface area (Å²) in [5.74, 6) is 2.73. The fraction of sp³-hybridized carbons (Fsp3) is 0.100. The molecule has 15 rings (SSSR count). The van der Waals surface area contributed by atoms with Gasteiger partial charge in [-0.05, 0) is 71.3 Å². The van der Waals surface area contributed by atoms with E-state index >= 15 is 0 Å². The summed E-state index contributed by atoms with van der Waals surface area (Å²) >= 11 is 0. The highest BCUT2D eigenvalue weighted by molar-refractivity contribution is 5.94. The van der Waals surface area contributed by atoms with Gasteiger partial charge in [0.05, 0.1) is 30.8 Å². The molecular weight excluding hydrogens is 1010 g/mol. The van der Waals surface area contributed by atoms with E-state index in [0.717, 1.165) is 86.3 Å². The third kappa shape index (κ3) is 10.4. The van der Waals surface area contributed by atoms with Crippen LogP contribution in [-0.4, -0.2) is 58.6 Å². The van der Waals surface area contributed by atoms with Crippen molar-refractivity contribution in [2.45, 2.75) is 47.7 Å². The monoisotopic (exact) mass is 1070 g/mol. The summed E-state index contributed by atoms with van der Waals surface area (Å²) in [7, 11) is 0. The molecule has 6 aromatic heterocycles. The fourth-order valence-corrected chi connectivity index (χ4v) is 10.7. The molecule has 82 heavy (non-hydrogen) atoms. The van der Waals surface area contributed by atoms with Gasteiger partial charge >= 0.3 is 0 Å². The van der Waals surface area contributed by atoms with Gasteiger partial charge in [0.2, 0.25) is 0 Å². The summed E-state index contributed by atoms with van der Waals surface area (Å²) in [6.07, 6.45) is 11.0. The Labute approximate surface area is 475 Å². The van der Waals surface area contributed by atoms with Gasteiger partial charge < -0.3 is 9.13 Å². The minimum absolute atomic E-state index is 0. The molecule has 398 valence electrons. The Morgan fingerprint density at radius 1 is 0.354 bits per heavy atom. The Balaban J connectivity index is 0.000000121. The van der Waals surface area contributed by atoms with Crippen LogP contribution in [0.15, 0.2) is 238 Å². The molecule has 15 aromatic rings. The maximum atomic E-state index is 4.83. The number of benzene rings is 9. The predicted molar refractivity (Wildman–Crippen MR) is 333 cm³/mol. The lowest BCUT2D eigenvalue weighted by Gasteiger charge is -2.12. The number of hydrogen-bond acceptors (Lipinski definition) is 9. The van der Waals surface area contributed by atoms with E-state index in [0.29, 0.717) is 6.54 Å². The van der Waals surface area contributed by atoms with Crippen LogP contribution in [0.1, 0.15) is 35.2 Å². The molecule has 0 aliphatic rings. The SMILES string of the molecule is C.Cc1ccc(-c2nc3cncnc3n2-c2cccc3ccccc23)cc1.Cc1ccc(-c2nc3cncnc3n2CCc2cccc3ccccc23)cc1.Cc1ccc(-c2nc3cncnc3n2Cc2cccc3ccccc23)cc1. The summed E-state index contributed by atoms with van der Waals surface area (Å²) < 4.78 is 6.52. The zero-order chi connectivity index (χ0) is 54.7. The Morgan fingerprint density at radius 2 is 0.744 bits per heavy atom. The van der Waals surface area contributed by atoms with Gasteiger partial charge in [-0.25, -0.2) is 44.9 Å². The van der Waals surface area contributed by atoms with E-state index in [1.807, 2.05) is 0 Å². The summed E-state index contributed by atoms with van der Waals surface area (Å²) in [6.45, 7) is 7.79. The first-order valence-electron chi connectivity index (χ1n) is 27.0. The third-order valence-electron chi connectivity index (χ3n) is 14.8. The molecule has 0 radical (unpaired) electrons. The topological polar surface area (TPSA) is 131 Å². The number of aromatic nitrogens is 12. The molecule has 0 amide bonds. The molecule has 0 saturated heterocycles. The molecule has 0 spiro atoms. The van der Waals surface area contributed by atoms with Gasteiger partial charge in [0.25, 0.3) is 0 Å². The molecule has 6 heterocycles. The second-order valence-corrected chi connectivity index (χ2v) is 20.2. The van der Waals surface area contributed by atoms with E-state index in [2.05, 4.69) is 265 Å². The van der Waals surface area contributed by atoms with Gasteiger partial charge in [0.15, 0.2) is 16.9 Å². The first kappa shape index (κ1) is 52.1. The number of aryl methyl sites for hydroxylation is 5. The first-order chi connectivity index (χ1) is 39.9. The second-order valence-electron chi connectivity index (χ2n) is 20.2. The molecule has 0 saturated carbocycles. The lowest BCUT2D eigenvalue weighted by Crippen LogP contribution is -2.05. The van der Waals surface area contributed by atoms with Crippen LogP contribution in [0.4, 0.5) is 0 Å². The van der Waals surface area contributed by atoms with Crippen molar-refractivity contribution in [2.75, 3.05) is 0 Å². The van der Waals surface area contributed by atoms with Gasteiger partial charge in [0.1, 0.15) is 53.0 Å². The van der Waals surface area contributed by atoms with Crippen LogP contribution < -0.4 is 0 Å². The molecule has 0 bridgehead atoms. The number of rotatable bonds is 9. The van der Waals surface area contributed by atoms with E-state index < -0.39 is 0 Å². The fourth-order valence-electron chi connectivity index (χ4n) is 10.7. The quantitative estimate of drug-likeness (QED) is 0.139. The Bertz CT molecular complexity index is 4700. The van der Waals surface area contributed by atoms with Crippen LogP contribution in [0.2, 0.25) is 0 Å². The van der Waals surface area contributed by atoms with Crippen LogP contribution in [0.3, 0.4) is 0 Å². The summed E-state index contributed by atoms with van der Waals surface area (Å²) in [5.41, 5.74) is 15.6. The molecule has 0 fully saturated rings. The molecule has 12 heteroatoms. The number of imidazole rings is 3. The highest BCUT2D eigenvalue weighted by Crippen LogP contribution is 2.33. The van der Waals surface area contributed by atoms with Crippen LogP contribution in [-0.2, 0) is 19.5 Å². The molecule has 12 nitrogen and oxygen atoms in total. The number of hydrogen-bond donors (Lipinski definition) is 0. The molecule has 0 N–H and O–H groups in total. The van der Waals surface area contributed by atoms with E-state index in [1.165, 1.54) is 60.1 Å². The summed E-state index contributed by atoms with van der Waals surface area (Å²) in [6, 6.07) is 70.0. The van der Waals surface area contributed by atoms with Crippen molar-refractivity contribution in [3.63, 3.8) is 0 Å². The maximum absolute atomic E-state index is 4.83. The van der Waals surface area contributed by atoms with Crippen LogP contribution in [0.5, 0.6) is 0 Å². The van der Waals surface area contributed by atoms with E-state index in [9.17, 15) is 0 Å². The molecule has 0 unspecified atom stereocenters. The van der Waals surface area contributed by atoms with Gasteiger partial charge in [-0.3, -0.25) is 4.57 Å². The van der Waals surface area contributed by atoms with Crippen molar-refractivity contribution in [2.24, 2.45) is 0 Å². The summed E-state index contributed by atoms with van der Waals surface area (Å²) in [5, 5.41) is 7.44. The molecule has 0 atom stereocenters. The third-order valence-corrected chi connectivity index (χ3v) is 14.8. The second kappa shape index (κ2) is 23.0. The lowest BCUT2D eigenvalue weighted by molar-refractivity contribution is 0.719. The summed E-state index contributed by atoms with van der Waals surface area (Å²) in [4.78, 5) is 40.5. The molecular formula is C70H58N12. The van der Waals surface area contributed by atoms with E-state index in [-0.39, 0.29) is 7.43 Å². The van der Waals surface area contributed by atoms with Crippen LogP contribution >= 0.6 is 0 Å². The minimum Gasteiger partial charge on any atom is -0.308 e. The normalized spacial score (nSPS) is 11.2. The Kier molecular flexibility index (Phi) is 14.6. The zero-order valence-corrected chi connectivity index (χ0v) is 45.0.